The second-order valence-electron chi connectivity index (χ2n) is 4.95. The first-order valence-corrected chi connectivity index (χ1v) is 6.97. The molecule has 0 unspecified atom stereocenters. The summed E-state index contributed by atoms with van der Waals surface area (Å²) in [6.07, 6.45) is 1.58. The molecular formula is C16H12N4O4. The van der Waals surface area contributed by atoms with Crippen LogP contribution in [0.15, 0.2) is 58.9 Å². The standard InChI is InChI=1S/C16H12N4O4/c21-13(22)9-10-4-6-11(7-5-10)18-19-15-14(16(23)24)17-12-3-1-2-8-20(12)15/h1-8H,9H2,(H,21,22)(H,23,24). The number of pyridine rings is 1. The third-order valence-electron chi connectivity index (χ3n) is 3.26. The van der Waals surface area contributed by atoms with E-state index in [1.165, 1.54) is 4.40 Å². The molecule has 0 bridgehead atoms. The van der Waals surface area contributed by atoms with E-state index in [4.69, 9.17) is 5.11 Å². The van der Waals surface area contributed by atoms with Gasteiger partial charge in [0.15, 0.2) is 11.5 Å². The molecular weight excluding hydrogens is 312 g/mol. The average molecular weight is 324 g/mol. The zero-order valence-corrected chi connectivity index (χ0v) is 12.3. The minimum Gasteiger partial charge on any atom is -0.481 e. The SMILES string of the molecule is O=C(O)Cc1ccc(N=Nc2c(C(=O)O)nc3ccccn23)cc1. The highest BCUT2D eigenvalue weighted by Gasteiger charge is 2.17. The van der Waals surface area contributed by atoms with Crippen molar-refractivity contribution in [3.63, 3.8) is 0 Å². The fraction of sp³-hybridized carbons (Fsp3) is 0.0625. The lowest BCUT2D eigenvalue weighted by molar-refractivity contribution is -0.136. The second kappa shape index (κ2) is 6.29. The predicted octanol–water partition coefficient (Wildman–Crippen LogP) is 3.08. The van der Waals surface area contributed by atoms with Gasteiger partial charge in [0.1, 0.15) is 5.65 Å². The number of benzene rings is 1. The Hall–Kier alpha value is -3.55. The molecule has 0 saturated carbocycles. The average Bonchev–Trinajstić information content (AvgIpc) is 2.93. The van der Waals surface area contributed by atoms with Crippen LogP contribution < -0.4 is 0 Å². The Morgan fingerprint density at radius 1 is 1.04 bits per heavy atom. The summed E-state index contributed by atoms with van der Waals surface area (Å²) in [5.41, 5.74) is 1.39. The van der Waals surface area contributed by atoms with E-state index in [1.807, 2.05) is 0 Å². The molecule has 3 rings (SSSR count). The molecule has 0 aliphatic carbocycles. The molecule has 0 saturated heterocycles. The minimum atomic E-state index is -1.19. The van der Waals surface area contributed by atoms with Gasteiger partial charge in [0.25, 0.3) is 0 Å². The molecule has 2 heterocycles. The number of hydrogen-bond donors (Lipinski definition) is 2. The minimum absolute atomic E-state index is 0.0756. The van der Waals surface area contributed by atoms with E-state index in [0.29, 0.717) is 16.9 Å². The number of carboxylic acids is 2. The number of fused-ring (bicyclic) bond motifs is 1. The summed E-state index contributed by atoms with van der Waals surface area (Å²) < 4.78 is 1.53. The Morgan fingerprint density at radius 2 is 1.79 bits per heavy atom. The van der Waals surface area contributed by atoms with Gasteiger partial charge in [-0.15, -0.1) is 10.2 Å². The van der Waals surface area contributed by atoms with Crippen LogP contribution in [-0.4, -0.2) is 31.5 Å². The summed E-state index contributed by atoms with van der Waals surface area (Å²) in [7, 11) is 0. The number of aromatic nitrogens is 2. The third kappa shape index (κ3) is 3.12. The van der Waals surface area contributed by atoms with Crippen molar-refractivity contribution in [1.29, 1.82) is 0 Å². The predicted molar refractivity (Wildman–Crippen MR) is 84.1 cm³/mol. The molecule has 0 radical (unpaired) electrons. The van der Waals surface area contributed by atoms with Crippen LogP contribution in [0.5, 0.6) is 0 Å². The zero-order chi connectivity index (χ0) is 17.1. The Kier molecular flexibility index (Phi) is 4.02. The van der Waals surface area contributed by atoms with Crippen LogP contribution in [0.3, 0.4) is 0 Å². The van der Waals surface area contributed by atoms with E-state index in [1.54, 1.807) is 48.7 Å². The van der Waals surface area contributed by atoms with Crippen LogP contribution in [0.4, 0.5) is 11.5 Å². The van der Waals surface area contributed by atoms with Crippen LogP contribution in [0.25, 0.3) is 5.65 Å². The van der Waals surface area contributed by atoms with Crippen molar-refractivity contribution >= 4 is 29.1 Å². The molecule has 0 fully saturated rings. The normalized spacial score (nSPS) is 11.2. The number of aliphatic carboxylic acids is 1. The monoisotopic (exact) mass is 324 g/mol. The van der Waals surface area contributed by atoms with Gasteiger partial charge >= 0.3 is 11.9 Å². The molecule has 1 aromatic carbocycles. The molecule has 8 nitrogen and oxygen atoms in total. The molecule has 3 aromatic rings. The van der Waals surface area contributed by atoms with Gasteiger partial charge in [0.05, 0.1) is 12.1 Å². The molecule has 0 aliphatic rings. The van der Waals surface area contributed by atoms with Gasteiger partial charge in [-0.1, -0.05) is 18.2 Å². The molecule has 0 aliphatic heterocycles. The van der Waals surface area contributed by atoms with E-state index in [0.717, 1.165) is 0 Å². The lowest BCUT2D eigenvalue weighted by Gasteiger charge is -1.98. The fourth-order valence-corrected chi connectivity index (χ4v) is 2.18. The van der Waals surface area contributed by atoms with Gasteiger partial charge in [0, 0.05) is 6.20 Å². The first-order chi connectivity index (χ1) is 11.5. The summed E-state index contributed by atoms with van der Waals surface area (Å²) in [5, 5.41) is 26.0. The number of azo groups is 1. The third-order valence-corrected chi connectivity index (χ3v) is 3.26. The van der Waals surface area contributed by atoms with Gasteiger partial charge in [-0.25, -0.2) is 9.78 Å². The zero-order valence-electron chi connectivity index (χ0n) is 12.3. The highest BCUT2D eigenvalue weighted by molar-refractivity contribution is 5.91. The van der Waals surface area contributed by atoms with Crippen molar-refractivity contribution < 1.29 is 19.8 Å². The molecule has 2 aromatic heterocycles. The van der Waals surface area contributed by atoms with Gasteiger partial charge < -0.3 is 10.2 Å². The van der Waals surface area contributed by atoms with Crippen molar-refractivity contribution in [3.8, 4) is 0 Å². The van der Waals surface area contributed by atoms with Crippen LogP contribution in [0.2, 0.25) is 0 Å². The highest BCUT2D eigenvalue weighted by Crippen LogP contribution is 2.24. The van der Waals surface area contributed by atoms with E-state index in [2.05, 4.69) is 15.2 Å². The molecule has 0 atom stereocenters. The number of carbonyl (C=O) groups is 2. The summed E-state index contributed by atoms with van der Waals surface area (Å²) in [4.78, 5) is 26.0. The Morgan fingerprint density at radius 3 is 2.46 bits per heavy atom. The molecule has 8 heteroatoms. The van der Waals surface area contributed by atoms with Crippen molar-refractivity contribution in [2.75, 3.05) is 0 Å². The van der Waals surface area contributed by atoms with Gasteiger partial charge in [-0.05, 0) is 29.8 Å². The van der Waals surface area contributed by atoms with Crippen molar-refractivity contribution in [2.45, 2.75) is 6.42 Å². The first-order valence-electron chi connectivity index (χ1n) is 6.97. The van der Waals surface area contributed by atoms with Gasteiger partial charge in [0.2, 0.25) is 0 Å². The lowest BCUT2D eigenvalue weighted by atomic mass is 10.1. The number of nitrogens with zero attached hydrogens (tertiary/aromatic N) is 4. The van der Waals surface area contributed by atoms with E-state index >= 15 is 0 Å². The first kappa shape index (κ1) is 15.3. The molecule has 24 heavy (non-hydrogen) atoms. The van der Waals surface area contributed by atoms with Crippen LogP contribution >= 0.6 is 0 Å². The maximum atomic E-state index is 11.3. The fourth-order valence-electron chi connectivity index (χ4n) is 2.18. The summed E-state index contributed by atoms with van der Waals surface area (Å²) >= 11 is 0. The van der Waals surface area contributed by atoms with Crippen LogP contribution in [-0.2, 0) is 11.2 Å². The van der Waals surface area contributed by atoms with E-state index < -0.39 is 11.9 Å². The summed E-state index contributed by atoms with van der Waals surface area (Å²) in [6, 6.07) is 11.7. The lowest BCUT2D eigenvalue weighted by Crippen LogP contribution is -1.99. The number of imidazole rings is 1. The Balaban J connectivity index is 1.94. The van der Waals surface area contributed by atoms with E-state index in [-0.39, 0.29) is 17.9 Å². The largest absolute Gasteiger partial charge is 0.481 e. The number of hydrogen-bond acceptors (Lipinski definition) is 5. The molecule has 120 valence electrons. The maximum absolute atomic E-state index is 11.3. The summed E-state index contributed by atoms with van der Waals surface area (Å²) in [5.74, 6) is -1.99. The van der Waals surface area contributed by atoms with Gasteiger partial charge in [-0.2, -0.15) is 0 Å². The highest BCUT2D eigenvalue weighted by atomic mass is 16.4. The summed E-state index contributed by atoms with van der Waals surface area (Å²) in [6.45, 7) is 0. The van der Waals surface area contributed by atoms with Gasteiger partial charge in [-0.3, -0.25) is 9.20 Å². The topological polar surface area (TPSA) is 117 Å². The maximum Gasteiger partial charge on any atom is 0.358 e. The molecule has 0 amide bonds. The van der Waals surface area contributed by atoms with E-state index in [9.17, 15) is 14.7 Å². The van der Waals surface area contributed by atoms with Crippen molar-refractivity contribution in [1.82, 2.24) is 9.38 Å². The van der Waals surface area contributed by atoms with Crippen LogP contribution in [0.1, 0.15) is 16.1 Å². The Labute approximate surface area is 135 Å². The molecule has 2 N–H and O–H groups in total. The molecule has 0 spiro atoms. The quantitative estimate of drug-likeness (QED) is 0.699. The Bertz CT molecular complexity index is 944. The van der Waals surface area contributed by atoms with Crippen LogP contribution in [0, 0.1) is 0 Å². The second-order valence-corrected chi connectivity index (χ2v) is 4.95. The van der Waals surface area contributed by atoms with Crippen molar-refractivity contribution in [3.05, 3.63) is 59.9 Å². The number of carboxylic acid groups (broad SMARTS) is 2. The number of aromatic carboxylic acids is 1. The number of rotatable bonds is 5. The van der Waals surface area contributed by atoms with Crippen molar-refractivity contribution in [2.24, 2.45) is 10.2 Å². The smallest absolute Gasteiger partial charge is 0.358 e.